The molecule has 4 heteroatoms. The molecule has 1 aromatic heterocycles. The smallest absolute Gasteiger partial charge is 0.149 e. The van der Waals surface area contributed by atoms with Gasteiger partial charge in [-0.05, 0) is 38.5 Å². The Labute approximate surface area is 113 Å². The maximum atomic E-state index is 9.33. The van der Waals surface area contributed by atoms with Gasteiger partial charge in [0, 0.05) is 19.3 Å². The van der Waals surface area contributed by atoms with Gasteiger partial charge in [0.2, 0.25) is 0 Å². The first-order valence-corrected chi connectivity index (χ1v) is 6.36. The Kier molecular flexibility index (Phi) is 3.57. The predicted molar refractivity (Wildman–Crippen MR) is 76.5 cm³/mol. The molecular weight excluding hydrogens is 236 g/mol. The van der Waals surface area contributed by atoms with E-state index in [9.17, 15) is 5.26 Å². The number of benzene rings is 1. The van der Waals surface area contributed by atoms with Gasteiger partial charge < -0.3 is 4.90 Å². The van der Waals surface area contributed by atoms with Crippen molar-refractivity contribution in [2.45, 2.75) is 20.8 Å². The highest BCUT2D eigenvalue weighted by molar-refractivity contribution is 5.67. The molecule has 2 aromatic rings. The van der Waals surface area contributed by atoms with E-state index < -0.39 is 0 Å². The van der Waals surface area contributed by atoms with Gasteiger partial charge in [0.1, 0.15) is 17.5 Å². The molecule has 0 saturated heterocycles. The van der Waals surface area contributed by atoms with Gasteiger partial charge in [-0.1, -0.05) is 12.1 Å². The summed E-state index contributed by atoms with van der Waals surface area (Å²) in [4.78, 5) is 2.12. The lowest BCUT2D eigenvalue weighted by atomic mass is 10.2. The number of nitrogens with zero attached hydrogens (tertiary/aromatic N) is 4. The number of rotatable bonds is 3. The van der Waals surface area contributed by atoms with Crippen LogP contribution in [-0.2, 0) is 7.05 Å². The van der Waals surface area contributed by atoms with Gasteiger partial charge in [0.05, 0.1) is 5.69 Å². The minimum absolute atomic E-state index is 0.644. The summed E-state index contributed by atoms with van der Waals surface area (Å²) in [6.07, 6.45) is 0. The number of aryl methyl sites for hydroxylation is 3. The van der Waals surface area contributed by atoms with Crippen LogP contribution in [0.2, 0.25) is 0 Å². The highest BCUT2D eigenvalue weighted by Crippen LogP contribution is 2.29. The van der Waals surface area contributed by atoms with Crippen LogP contribution in [0.5, 0.6) is 0 Å². The fraction of sp³-hybridized carbons (Fsp3) is 0.333. The van der Waals surface area contributed by atoms with Gasteiger partial charge in [-0.2, -0.15) is 10.4 Å². The maximum absolute atomic E-state index is 9.33. The van der Waals surface area contributed by atoms with Crippen LogP contribution in [0.4, 0.5) is 11.5 Å². The Morgan fingerprint density at radius 3 is 2.68 bits per heavy atom. The lowest BCUT2D eigenvalue weighted by Gasteiger charge is -2.23. The average Bonchev–Trinajstić information content (AvgIpc) is 2.65. The van der Waals surface area contributed by atoms with Crippen LogP contribution < -0.4 is 4.90 Å². The highest BCUT2D eigenvalue weighted by atomic mass is 15.4. The zero-order valence-corrected chi connectivity index (χ0v) is 11.8. The maximum Gasteiger partial charge on any atom is 0.149 e. The molecule has 19 heavy (non-hydrogen) atoms. The molecule has 0 aliphatic rings. The van der Waals surface area contributed by atoms with E-state index >= 15 is 0 Å². The molecule has 0 radical (unpaired) electrons. The molecule has 0 aliphatic heterocycles. The third kappa shape index (κ3) is 2.32. The molecule has 0 amide bonds. The van der Waals surface area contributed by atoms with Crippen molar-refractivity contribution in [3.63, 3.8) is 0 Å². The molecule has 0 N–H and O–H groups in total. The zero-order chi connectivity index (χ0) is 14.0. The largest absolute Gasteiger partial charge is 0.326 e. The summed E-state index contributed by atoms with van der Waals surface area (Å²) in [6.45, 7) is 6.80. The van der Waals surface area contributed by atoms with Crippen LogP contribution in [0.15, 0.2) is 24.3 Å². The Bertz CT molecular complexity index is 634. The summed E-state index contributed by atoms with van der Waals surface area (Å²) in [5.74, 6) is 0.855. The van der Waals surface area contributed by atoms with Gasteiger partial charge in [0.15, 0.2) is 0 Å². The van der Waals surface area contributed by atoms with E-state index in [2.05, 4.69) is 48.1 Å². The third-order valence-corrected chi connectivity index (χ3v) is 3.19. The summed E-state index contributed by atoms with van der Waals surface area (Å²) in [5.41, 5.74) is 3.70. The van der Waals surface area contributed by atoms with Crippen LogP contribution in [0.25, 0.3) is 0 Å². The van der Waals surface area contributed by atoms with Crippen molar-refractivity contribution in [1.29, 1.82) is 5.26 Å². The first-order valence-electron chi connectivity index (χ1n) is 6.36. The molecule has 0 aliphatic carbocycles. The Hall–Kier alpha value is -2.28. The summed E-state index contributed by atoms with van der Waals surface area (Å²) in [5, 5.41) is 13.7. The van der Waals surface area contributed by atoms with Crippen molar-refractivity contribution in [2.24, 2.45) is 7.05 Å². The van der Waals surface area contributed by atoms with Gasteiger partial charge in [0.25, 0.3) is 0 Å². The van der Waals surface area contributed by atoms with Crippen molar-refractivity contribution >= 4 is 11.5 Å². The number of hydrogen-bond acceptors (Lipinski definition) is 3. The van der Waals surface area contributed by atoms with E-state index in [-0.39, 0.29) is 0 Å². The average molecular weight is 254 g/mol. The standard InChI is InChI=1S/C15H18N4/c1-5-19(13-8-6-7-11(2)9-13)15-14(10-16)12(3)17-18(15)4/h6-9H,5H2,1-4H3. The van der Waals surface area contributed by atoms with E-state index in [4.69, 9.17) is 0 Å². The van der Waals surface area contributed by atoms with Gasteiger partial charge in [-0.25, -0.2) is 0 Å². The van der Waals surface area contributed by atoms with Crippen LogP contribution in [-0.4, -0.2) is 16.3 Å². The third-order valence-electron chi connectivity index (χ3n) is 3.19. The van der Waals surface area contributed by atoms with Crippen molar-refractivity contribution < 1.29 is 0 Å². The Morgan fingerprint density at radius 2 is 2.11 bits per heavy atom. The quantitative estimate of drug-likeness (QED) is 0.845. The van der Waals surface area contributed by atoms with Gasteiger partial charge in [-0.15, -0.1) is 0 Å². The molecule has 4 nitrogen and oxygen atoms in total. The van der Waals surface area contributed by atoms with Crippen molar-refractivity contribution in [3.8, 4) is 6.07 Å². The molecule has 0 spiro atoms. The fourth-order valence-corrected chi connectivity index (χ4v) is 2.34. The molecule has 0 atom stereocenters. The number of anilines is 2. The second-order valence-electron chi connectivity index (χ2n) is 4.60. The van der Waals surface area contributed by atoms with Crippen molar-refractivity contribution in [1.82, 2.24) is 9.78 Å². The molecule has 1 heterocycles. The summed E-state index contributed by atoms with van der Waals surface area (Å²) in [7, 11) is 1.88. The van der Waals surface area contributed by atoms with E-state index in [1.165, 1.54) is 5.56 Å². The first-order chi connectivity index (χ1) is 9.08. The van der Waals surface area contributed by atoms with E-state index in [1.54, 1.807) is 4.68 Å². The zero-order valence-electron chi connectivity index (χ0n) is 11.8. The molecule has 0 fully saturated rings. The summed E-state index contributed by atoms with van der Waals surface area (Å²) >= 11 is 0. The fourth-order valence-electron chi connectivity index (χ4n) is 2.34. The summed E-state index contributed by atoms with van der Waals surface area (Å²) < 4.78 is 1.78. The van der Waals surface area contributed by atoms with Crippen molar-refractivity contribution in [2.75, 3.05) is 11.4 Å². The van der Waals surface area contributed by atoms with Crippen molar-refractivity contribution in [3.05, 3.63) is 41.1 Å². The molecule has 98 valence electrons. The van der Waals surface area contributed by atoms with Crippen LogP contribution in [0.1, 0.15) is 23.7 Å². The SMILES string of the molecule is CCN(c1cccc(C)c1)c1c(C#N)c(C)nn1C. The minimum atomic E-state index is 0.644. The monoisotopic (exact) mass is 254 g/mol. The Balaban J connectivity index is 2.58. The molecular formula is C15H18N4. The van der Waals surface area contributed by atoms with Crippen LogP contribution >= 0.6 is 0 Å². The molecule has 0 saturated carbocycles. The minimum Gasteiger partial charge on any atom is -0.326 e. The van der Waals surface area contributed by atoms with E-state index in [0.29, 0.717) is 5.56 Å². The second kappa shape index (κ2) is 5.15. The van der Waals surface area contributed by atoms with Gasteiger partial charge >= 0.3 is 0 Å². The lowest BCUT2D eigenvalue weighted by Crippen LogP contribution is -2.20. The number of aromatic nitrogens is 2. The normalized spacial score (nSPS) is 10.3. The number of nitriles is 1. The second-order valence-corrected chi connectivity index (χ2v) is 4.60. The first kappa shape index (κ1) is 13.2. The predicted octanol–water partition coefficient (Wildman–Crippen LogP) is 3.07. The molecule has 0 unspecified atom stereocenters. The topological polar surface area (TPSA) is 44.9 Å². The van der Waals surface area contributed by atoms with Crippen LogP contribution in [0.3, 0.4) is 0 Å². The lowest BCUT2D eigenvalue weighted by molar-refractivity contribution is 0.742. The van der Waals surface area contributed by atoms with Crippen LogP contribution in [0, 0.1) is 25.2 Å². The summed E-state index contributed by atoms with van der Waals surface area (Å²) in [6, 6.07) is 10.5. The van der Waals surface area contributed by atoms with E-state index in [0.717, 1.165) is 23.7 Å². The molecule has 1 aromatic carbocycles. The Morgan fingerprint density at radius 1 is 1.37 bits per heavy atom. The highest BCUT2D eigenvalue weighted by Gasteiger charge is 2.19. The molecule has 0 bridgehead atoms. The van der Waals surface area contributed by atoms with E-state index in [1.807, 2.05) is 20.0 Å². The number of hydrogen-bond donors (Lipinski definition) is 0. The van der Waals surface area contributed by atoms with Gasteiger partial charge in [-0.3, -0.25) is 4.68 Å². The molecule has 2 rings (SSSR count).